The second-order valence-electron chi connectivity index (χ2n) is 5.12. The minimum Gasteiger partial charge on any atom is -0.465 e. The van der Waals surface area contributed by atoms with Gasteiger partial charge in [-0.2, -0.15) is 0 Å². The van der Waals surface area contributed by atoms with Crippen molar-refractivity contribution in [2.75, 3.05) is 7.11 Å². The zero-order valence-corrected chi connectivity index (χ0v) is 12.7. The third-order valence-corrected chi connectivity index (χ3v) is 3.58. The van der Waals surface area contributed by atoms with E-state index in [1.54, 1.807) is 18.3 Å². The van der Waals surface area contributed by atoms with E-state index in [0.717, 1.165) is 27.7 Å². The number of benzene rings is 1. The van der Waals surface area contributed by atoms with Crippen molar-refractivity contribution in [2.24, 2.45) is 5.16 Å². The molecule has 0 radical (unpaired) electrons. The smallest absolute Gasteiger partial charge is 0.337 e. The summed E-state index contributed by atoms with van der Waals surface area (Å²) in [6.45, 7) is 1.83. The molecular weight excluding hydrogens is 294 g/mol. The van der Waals surface area contributed by atoms with Crippen LogP contribution in [-0.2, 0) is 4.74 Å². The number of esters is 1. The van der Waals surface area contributed by atoms with Crippen molar-refractivity contribution in [1.29, 1.82) is 0 Å². The number of aromatic nitrogens is 2. The maximum Gasteiger partial charge on any atom is 0.337 e. The van der Waals surface area contributed by atoms with Crippen molar-refractivity contribution in [2.45, 2.75) is 6.92 Å². The van der Waals surface area contributed by atoms with E-state index in [-0.39, 0.29) is 0 Å². The van der Waals surface area contributed by atoms with Crippen LogP contribution in [0.5, 0.6) is 0 Å². The molecule has 0 fully saturated rings. The Morgan fingerprint density at radius 3 is 2.91 bits per heavy atom. The van der Waals surface area contributed by atoms with Crippen LogP contribution in [0.1, 0.15) is 21.6 Å². The molecule has 2 heterocycles. The number of pyridine rings is 1. The number of ether oxygens (including phenoxy) is 1. The quantitative estimate of drug-likeness (QED) is 0.337. The van der Waals surface area contributed by atoms with Gasteiger partial charge in [0.15, 0.2) is 0 Å². The van der Waals surface area contributed by atoms with Crippen LogP contribution in [0.25, 0.3) is 22.2 Å². The third-order valence-electron chi connectivity index (χ3n) is 3.58. The highest BCUT2D eigenvalue weighted by atomic mass is 16.5. The van der Waals surface area contributed by atoms with Crippen molar-refractivity contribution < 1.29 is 14.7 Å². The van der Waals surface area contributed by atoms with Crippen molar-refractivity contribution in [3.05, 3.63) is 53.3 Å². The van der Waals surface area contributed by atoms with Gasteiger partial charge >= 0.3 is 5.97 Å². The molecule has 2 aromatic heterocycles. The van der Waals surface area contributed by atoms with Crippen molar-refractivity contribution in [3.8, 4) is 11.3 Å². The minimum absolute atomic E-state index is 0.396. The Kier molecular flexibility index (Phi) is 3.80. The average molecular weight is 309 g/mol. The molecule has 3 aromatic rings. The predicted octanol–water partition coefficient (Wildman–Crippen LogP) is 3.13. The first-order valence-corrected chi connectivity index (χ1v) is 6.98. The van der Waals surface area contributed by atoms with Crippen molar-refractivity contribution in [1.82, 2.24) is 9.97 Å². The second-order valence-corrected chi connectivity index (χ2v) is 5.12. The molecule has 0 saturated carbocycles. The van der Waals surface area contributed by atoms with Gasteiger partial charge in [0.05, 0.1) is 24.6 Å². The van der Waals surface area contributed by atoms with Gasteiger partial charge in [-0.1, -0.05) is 11.2 Å². The van der Waals surface area contributed by atoms with Crippen LogP contribution in [0.3, 0.4) is 0 Å². The number of H-pyrrole nitrogens is 1. The zero-order chi connectivity index (χ0) is 16.4. The summed E-state index contributed by atoms with van der Waals surface area (Å²) in [5.41, 5.74) is 4.42. The van der Waals surface area contributed by atoms with E-state index in [1.165, 1.54) is 13.3 Å². The van der Waals surface area contributed by atoms with E-state index >= 15 is 0 Å². The van der Waals surface area contributed by atoms with Crippen molar-refractivity contribution >= 4 is 23.1 Å². The van der Waals surface area contributed by atoms with Crippen LogP contribution in [0.15, 0.2) is 41.7 Å². The molecule has 0 bridgehead atoms. The first-order valence-electron chi connectivity index (χ1n) is 6.98. The summed E-state index contributed by atoms with van der Waals surface area (Å²) in [7, 11) is 1.35. The Balaban J connectivity index is 2.14. The fourth-order valence-corrected chi connectivity index (χ4v) is 2.52. The molecule has 1 aromatic carbocycles. The Bertz CT molecular complexity index is 913. The van der Waals surface area contributed by atoms with E-state index in [2.05, 4.69) is 15.1 Å². The molecular formula is C17H15N3O3. The molecule has 6 nitrogen and oxygen atoms in total. The summed E-state index contributed by atoms with van der Waals surface area (Å²) in [6, 6.07) is 9.16. The number of carbonyl (C=O) groups excluding carboxylic acids is 1. The summed E-state index contributed by atoms with van der Waals surface area (Å²) < 4.78 is 4.77. The second kappa shape index (κ2) is 5.92. The van der Waals surface area contributed by atoms with Gasteiger partial charge in [-0.25, -0.2) is 4.79 Å². The molecule has 116 valence electrons. The molecule has 0 amide bonds. The summed E-state index contributed by atoms with van der Waals surface area (Å²) in [6.07, 6.45) is 3.13. The number of fused-ring (bicyclic) bond motifs is 1. The maximum absolute atomic E-state index is 11.8. The molecule has 0 spiro atoms. The summed E-state index contributed by atoms with van der Waals surface area (Å²) in [4.78, 5) is 19.4. The van der Waals surface area contributed by atoms with Crippen LogP contribution < -0.4 is 0 Å². The Morgan fingerprint density at radius 2 is 2.17 bits per heavy atom. The minimum atomic E-state index is -0.396. The number of hydrogen-bond acceptors (Lipinski definition) is 5. The number of methoxy groups -OCH3 is 1. The molecule has 0 aliphatic rings. The number of carbonyl (C=O) groups is 1. The first kappa shape index (κ1) is 14.8. The van der Waals surface area contributed by atoms with E-state index < -0.39 is 5.97 Å². The van der Waals surface area contributed by atoms with Gasteiger partial charge in [-0.3, -0.25) is 4.98 Å². The van der Waals surface area contributed by atoms with Gasteiger partial charge in [-0.05, 0) is 31.2 Å². The van der Waals surface area contributed by atoms with Gasteiger partial charge in [0.2, 0.25) is 0 Å². The van der Waals surface area contributed by atoms with Gasteiger partial charge in [0.1, 0.15) is 0 Å². The predicted molar refractivity (Wildman–Crippen MR) is 87.0 cm³/mol. The van der Waals surface area contributed by atoms with E-state index in [1.807, 2.05) is 25.1 Å². The van der Waals surface area contributed by atoms with Crippen LogP contribution in [0.4, 0.5) is 0 Å². The largest absolute Gasteiger partial charge is 0.465 e. The lowest BCUT2D eigenvalue weighted by molar-refractivity contribution is 0.0600. The van der Waals surface area contributed by atoms with Crippen LogP contribution in [0.2, 0.25) is 0 Å². The summed E-state index contributed by atoms with van der Waals surface area (Å²) in [5, 5.41) is 12.7. The van der Waals surface area contributed by atoms with Gasteiger partial charge < -0.3 is 14.9 Å². The highest BCUT2D eigenvalue weighted by Gasteiger charge is 2.11. The Hall–Kier alpha value is -3.15. The van der Waals surface area contributed by atoms with E-state index in [0.29, 0.717) is 11.3 Å². The highest BCUT2D eigenvalue weighted by Crippen LogP contribution is 2.26. The molecule has 0 aliphatic heterocycles. The zero-order valence-electron chi connectivity index (χ0n) is 12.7. The normalized spacial score (nSPS) is 11.2. The maximum atomic E-state index is 11.8. The molecule has 6 heteroatoms. The Morgan fingerprint density at radius 1 is 1.35 bits per heavy atom. The lowest BCUT2D eigenvalue weighted by Gasteiger charge is -2.06. The Labute approximate surface area is 132 Å². The van der Waals surface area contributed by atoms with Gasteiger partial charge in [-0.15, -0.1) is 0 Å². The number of aryl methyl sites for hydroxylation is 1. The first-order chi connectivity index (χ1) is 11.1. The molecule has 0 atom stereocenters. The molecule has 0 saturated heterocycles. The fraction of sp³-hybridized carbons (Fsp3) is 0.118. The van der Waals surface area contributed by atoms with Crippen LogP contribution in [-0.4, -0.2) is 34.5 Å². The van der Waals surface area contributed by atoms with Crippen molar-refractivity contribution in [3.63, 3.8) is 0 Å². The standard InChI is InChI=1S/C17H15N3O3/c1-10-5-12(17(21)23-2)7-16(20-10)11-3-4-15-14(6-11)13(8-18-15)9-19-22/h3-9,18,22H,1-2H3. The number of hydrogen-bond donors (Lipinski definition) is 2. The number of nitrogens with one attached hydrogen (secondary N) is 1. The van der Waals surface area contributed by atoms with E-state index in [4.69, 9.17) is 9.94 Å². The van der Waals surface area contributed by atoms with Gasteiger partial charge in [0, 0.05) is 33.9 Å². The molecule has 3 rings (SSSR count). The molecule has 23 heavy (non-hydrogen) atoms. The fourth-order valence-electron chi connectivity index (χ4n) is 2.52. The third kappa shape index (κ3) is 2.78. The average Bonchev–Trinajstić information content (AvgIpc) is 2.96. The summed E-state index contributed by atoms with van der Waals surface area (Å²) in [5.74, 6) is -0.396. The number of nitrogens with zero attached hydrogens (tertiary/aromatic N) is 2. The monoisotopic (exact) mass is 309 g/mol. The lowest BCUT2D eigenvalue weighted by Crippen LogP contribution is -2.03. The highest BCUT2D eigenvalue weighted by molar-refractivity contribution is 6.00. The molecule has 0 aliphatic carbocycles. The van der Waals surface area contributed by atoms with E-state index in [9.17, 15) is 4.79 Å². The number of oxime groups is 1. The number of aromatic amines is 1. The van der Waals surface area contributed by atoms with Crippen LogP contribution >= 0.6 is 0 Å². The summed E-state index contributed by atoms with van der Waals surface area (Å²) >= 11 is 0. The molecule has 0 unspecified atom stereocenters. The SMILES string of the molecule is COC(=O)c1cc(C)nc(-c2ccc3[nH]cc(C=NO)c3c2)c1. The molecule has 2 N–H and O–H groups in total. The van der Waals surface area contributed by atoms with Gasteiger partial charge in [0.25, 0.3) is 0 Å². The van der Waals surface area contributed by atoms with Crippen LogP contribution in [0, 0.1) is 6.92 Å². The topological polar surface area (TPSA) is 87.6 Å². The number of rotatable bonds is 3. The lowest BCUT2D eigenvalue weighted by atomic mass is 10.0.